The number of halogens is 3. The molecule has 1 aromatic rings. The third-order valence-corrected chi connectivity index (χ3v) is 2.72. The number of hydrogen-bond donors (Lipinski definition) is 0. The molecule has 0 aliphatic rings. The highest BCUT2D eigenvalue weighted by Gasteiger charge is 2.32. The van der Waals surface area contributed by atoms with Crippen molar-refractivity contribution in [2.24, 2.45) is 0 Å². The Labute approximate surface area is 116 Å². The van der Waals surface area contributed by atoms with Crippen molar-refractivity contribution in [3.05, 3.63) is 41.0 Å². The summed E-state index contributed by atoms with van der Waals surface area (Å²) in [7, 11) is 0. The molecule has 5 heteroatoms. The molecule has 0 unspecified atom stereocenters. The summed E-state index contributed by atoms with van der Waals surface area (Å²) in [5.74, 6) is -0.549. The van der Waals surface area contributed by atoms with E-state index in [4.69, 9.17) is 4.74 Å². The molecule has 1 rings (SSSR count). The summed E-state index contributed by atoms with van der Waals surface area (Å²) in [4.78, 5) is 11.3. The van der Waals surface area contributed by atoms with E-state index < -0.39 is 17.7 Å². The molecule has 110 valence electrons. The fourth-order valence-corrected chi connectivity index (χ4v) is 1.58. The maximum absolute atomic E-state index is 12.7. The highest BCUT2D eigenvalue weighted by atomic mass is 19.4. The zero-order valence-corrected chi connectivity index (χ0v) is 11.5. The molecule has 1 aromatic carbocycles. The highest BCUT2D eigenvalue weighted by molar-refractivity contribution is 5.87. The number of ether oxygens (including phenoxy) is 1. The Kier molecular flexibility index (Phi) is 5.80. The number of benzene rings is 1. The van der Waals surface area contributed by atoms with Crippen molar-refractivity contribution in [1.29, 1.82) is 0 Å². The van der Waals surface area contributed by atoms with Gasteiger partial charge >= 0.3 is 12.1 Å². The van der Waals surface area contributed by atoms with E-state index in [0.29, 0.717) is 12.2 Å². The molecule has 0 aromatic heterocycles. The number of carbonyl (C=O) groups is 1. The summed E-state index contributed by atoms with van der Waals surface area (Å²) in [6.45, 7) is 3.69. The quantitative estimate of drug-likeness (QED) is 0.456. The topological polar surface area (TPSA) is 26.3 Å². The molecule has 0 spiro atoms. The van der Waals surface area contributed by atoms with E-state index in [-0.39, 0.29) is 5.56 Å². The van der Waals surface area contributed by atoms with Crippen LogP contribution in [0.3, 0.4) is 0 Å². The van der Waals surface area contributed by atoms with Crippen LogP contribution in [0.4, 0.5) is 13.2 Å². The van der Waals surface area contributed by atoms with E-state index in [0.717, 1.165) is 25.0 Å². The first-order chi connectivity index (χ1) is 9.34. The van der Waals surface area contributed by atoms with E-state index in [9.17, 15) is 18.0 Å². The molecule has 0 atom stereocenters. The second-order valence-corrected chi connectivity index (χ2v) is 4.43. The normalized spacial score (nSPS) is 11.8. The summed E-state index contributed by atoms with van der Waals surface area (Å²) >= 11 is 0. The lowest BCUT2D eigenvalue weighted by Crippen LogP contribution is -2.07. The molecule has 0 fully saturated rings. The third-order valence-electron chi connectivity index (χ3n) is 2.72. The van der Waals surface area contributed by atoms with Crippen LogP contribution in [0.2, 0.25) is 0 Å². The molecule has 0 aliphatic carbocycles. The average Bonchev–Trinajstić information content (AvgIpc) is 2.36. The fraction of sp³-hybridized carbons (Fsp3) is 0.400. The Balaban J connectivity index is 2.76. The van der Waals surface area contributed by atoms with Crippen LogP contribution in [-0.4, -0.2) is 12.6 Å². The van der Waals surface area contributed by atoms with E-state index >= 15 is 0 Å². The average molecular weight is 286 g/mol. The van der Waals surface area contributed by atoms with Crippen molar-refractivity contribution in [1.82, 2.24) is 0 Å². The van der Waals surface area contributed by atoms with Gasteiger partial charge in [0.1, 0.15) is 0 Å². The Bertz CT molecular complexity index is 490. The number of alkyl halides is 3. The monoisotopic (exact) mass is 286 g/mol. The number of aryl methyl sites for hydroxylation is 1. The van der Waals surface area contributed by atoms with E-state index in [2.05, 4.69) is 0 Å². The van der Waals surface area contributed by atoms with Crippen LogP contribution >= 0.6 is 0 Å². The first-order valence-corrected chi connectivity index (χ1v) is 6.37. The van der Waals surface area contributed by atoms with Gasteiger partial charge in [0.05, 0.1) is 12.2 Å². The molecule has 0 heterocycles. The second-order valence-electron chi connectivity index (χ2n) is 4.43. The minimum Gasteiger partial charge on any atom is -0.463 e. The highest BCUT2D eigenvalue weighted by Crippen LogP contribution is 2.32. The Morgan fingerprint density at radius 3 is 2.65 bits per heavy atom. The summed E-state index contributed by atoms with van der Waals surface area (Å²) in [5, 5.41) is 0. The molecule has 0 saturated carbocycles. The van der Waals surface area contributed by atoms with Crippen LogP contribution in [-0.2, 0) is 15.7 Å². The van der Waals surface area contributed by atoms with Crippen molar-refractivity contribution >= 4 is 12.0 Å². The molecular weight excluding hydrogens is 269 g/mol. The van der Waals surface area contributed by atoms with Crippen molar-refractivity contribution < 1.29 is 22.7 Å². The lowest BCUT2D eigenvalue weighted by atomic mass is 10.0. The summed E-state index contributed by atoms with van der Waals surface area (Å²) in [5.41, 5.74) is -0.227. The first-order valence-electron chi connectivity index (χ1n) is 6.37. The number of carbonyl (C=O) groups excluding carboxylic acids is 1. The van der Waals surface area contributed by atoms with Gasteiger partial charge in [-0.15, -0.1) is 0 Å². The van der Waals surface area contributed by atoms with E-state index in [1.54, 1.807) is 0 Å². The SMILES string of the molecule is CCCCOC(=O)/C=C/c1ccc(C)c(C(F)(F)F)c1. The molecule has 2 nitrogen and oxygen atoms in total. The van der Waals surface area contributed by atoms with Gasteiger partial charge in [-0.3, -0.25) is 0 Å². The molecule has 20 heavy (non-hydrogen) atoms. The van der Waals surface area contributed by atoms with Gasteiger partial charge in [0.2, 0.25) is 0 Å². The number of unbranched alkanes of at least 4 members (excludes halogenated alkanes) is 1. The van der Waals surface area contributed by atoms with E-state index in [1.807, 2.05) is 6.92 Å². The lowest BCUT2D eigenvalue weighted by Gasteiger charge is -2.10. The maximum atomic E-state index is 12.7. The van der Waals surface area contributed by atoms with Crippen molar-refractivity contribution in [2.75, 3.05) is 6.61 Å². The number of esters is 1. The van der Waals surface area contributed by atoms with Gasteiger partial charge < -0.3 is 4.74 Å². The van der Waals surface area contributed by atoms with Crippen molar-refractivity contribution in [3.63, 3.8) is 0 Å². The molecule has 0 aliphatic heterocycles. The van der Waals surface area contributed by atoms with Crippen molar-refractivity contribution in [2.45, 2.75) is 32.9 Å². The molecule has 0 amide bonds. The predicted octanol–water partition coefficient (Wildman–Crippen LogP) is 4.37. The minimum absolute atomic E-state index is 0.153. The largest absolute Gasteiger partial charge is 0.463 e. The minimum atomic E-state index is -4.39. The van der Waals surface area contributed by atoms with Gasteiger partial charge in [-0.25, -0.2) is 4.79 Å². The Hall–Kier alpha value is -1.78. The predicted molar refractivity (Wildman–Crippen MR) is 71.1 cm³/mol. The second kappa shape index (κ2) is 7.12. The van der Waals surface area contributed by atoms with Gasteiger partial charge in [0.25, 0.3) is 0 Å². The van der Waals surface area contributed by atoms with Gasteiger partial charge in [-0.2, -0.15) is 13.2 Å². The zero-order valence-electron chi connectivity index (χ0n) is 11.5. The third kappa shape index (κ3) is 5.07. The van der Waals surface area contributed by atoms with Crippen LogP contribution in [0.15, 0.2) is 24.3 Å². The zero-order chi connectivity index (χ0) is 15.2. The smallest absolute Gasteiger partial charge is 0.416 e. The standard InChI is InChI=1S/C15H17F3O2/c1-3-4-9-20-14(19)8-7-12-6-5-11(2)13(10-12)15(16,17)18/h5-8,10H,3-4,9H2,1-2H3/b8-7+. The number of rotatable bonds is 5. The number of hydrogen-bond acceptors (Lipinski definition) is 2. The van der Waals surface area contributed by atoms with E-state index in [1.165, 1.54) is 25.1 Å². The van der Waals surface area contributed by atoms with Gasteiger partial charge in [-0.1, -0.05) is 25.5 Å². The summed E-state index contributed by atoms with van der Waals surface area (Å²) in [6, 6.07) is 3.93. The van der Waals surface area contributed by atoms with Crippen LogP contribution in [0.25, 0.3) is 6.08 Å². The fourth-order valence-electron chi connectivity index (χ4n) is 1.58. The van der Waals surface area contributed by atoms with Gasteiger partial charge in [0, 0.05) is 6.08 Å². The molecule has 0 radical (unpaired) electrons. The lowest BCUT2D eigenvalue weighted by molar-refractivity contribution is -0.138. The van der Waals surface area contributed by atoms with Gasteiger partial charge in [-0.05, 0) is 36.6 Å². The molecule has 0 saturated heterocycles. The van der Waals surface area contributed by atoms with Gasteiger partial charge in [0.15, 0.2) is 0 Å². The molecular formula is C15H17F3O2. The molecule has 0 N–H and O–H groups in total. The van der Waals surface area contributed by atoms with Crippen LogP contribution in [0.5, 0.6) is 0 Å². The Morgan fingerprint density at radius 1 is 1.35 bits per heavy atom. The van der Waals surface area contributed by atoms with Crippen LogP contribution in [0, 0.1) is 6.92 Å². The summed E-state index contributed by atoms with van der Waals surface area (Å²) in [6.07, 6.45) is -0.259. The Morgan fingerprint density at radius 2 is 2.05 bits per heavy atom. The van der Waals surface area contributed by atoms with Crippen LogP contribution < -0.4 is 0 Å². The maximum Gasteiger partial charge on any atom is 0.416 e. The van der Waals surface area contributed by atoms with Crippen LogP contribution in [0.1, 0.15) is 36.5 Å². The molecule has 0 bridgehead atoms. The first kappa shape index (κ1) is 16.3. The summed E-state index contributed by atoms with van der Waals surface area (Å²) < 4.78 is 43.0. The van der Waals surface area contributed by atoms with Crippen molar-refractivity contribution in [3.8, 4) is 0 Å².